The van der Waals surface area contributed by atoms with E-state index >= 15 is 0 Å². The Bertz CT molecular complexity index is 1290. The maximum atomic E-state index is 9.21. The number of nitriles is 2. The number of hydrogen-bond donors (Lipinski definition) is 0. The van der Waals surface area contributed by atoms with Gasteiger partial charge in [-0.2, -0.15) is 20.7 Å². The summed E-state index contributed by atoms with van der Waals surface area (Å²) in [5.74, 6) is 0.527. The molecule has 0 bridgehead atoms. The highest BCUT2D eigenvalue weighted by Crippen LogP contribution is 2.38. The number of fused-ring (bicyclic) bond motifs is 1. The molecule has 0 radical (unpaired) electrons. The Labute approximate surface area is 180 Å². The predicted octanol–water partition coefficient (Wildman–Crippen LogP) is 4.58. The van der Waals surface area contributed by atoms with Gasteiger partial charge in [-0.1, -0.05) is 24.3 Å². The van der Waals surface area contributed by atoms with Crippen LogP contribution < -0.4 is 0 Å². The molecule has 7 heteroatoms. The number of benzene rings is 1. The second kappa shape index (κ2) is 8.04. The van der Waals surface area contributed by atoms with Crippen molar-refractivity contribution in [2.24, 2.45) is 5.92 Å². The summed E-state index contributed by atoms with van der Waals surface area (Å²) in [5.41, 5.74) is 6.32. The smallest absolute Gasteiger partial charge is 0.128 e. The fraction of sp³-hybridized carbons (Fsp3) is 0.292. The van der Waals surface area contributed by atoms with Gasteiger partial charge in [0, 0.05) is 41.6 Å². The van der Waals surface area contributed by atoms with Crippen molar-refractivity contribution in [3.63, 3.8) is 0 Å². The lowest BCUT2D eigenvalue weighted by Crippen LogP contribution is -2.14. The van der Waals surface area contributed by atoms with E-state index in [2.05, 4.69) is 46.6 Å². The van der Waals surface area contributed by atoms with Gasteiger partial charge in [-0.3, -0.25) is 9.67 Å². The fourth-order valence-electron chi connectivity index (χ4n) is 4.49. The van der Waals surface area contributed by atoms with Gasteiger partial charge in [-0.05, 0) is 36.8 Å². The van der Waals surface area contributed by atoms with Crippen LogP contribution in [0.25, 0.3) is 27.8 Å². The second-order valence-electron chi connectivity index (χ2n) is 8.00. The first-order valence-electron chi connectivity index (χ1n) is 10.5. The molecule has 1 aromatic carbocycles. The van der Waals surface area contributed by atoms with Gasteiger partial charge in [-0.15, -0.1) is 0 Å². The number of rotatable bonds is 4. The summed E-state index contributed by atoms with van der Waals surface area (Å²) in [6.07, 6.45) is 13.1. The number of hydrogen-bond acceptors (Lipinski definition) is 5. The van der Waals surface area contributed by atoms with Gasteiger partial charge in [0.2, 0.25) is 0 Å². The molecule has 0 aliphatic heterocycles. The molecule has 1 aliphatic rings. The molecule has 0 N–H and O–H groups in total. The zero-order valence-corrected chi connectivity index (χ0v) is 17.0. The van der Waals surface area contributed by atoms with E-state index in [0.29, 0.717) is 5.92 Å². The predicted molar refractivity (Wildman–Crippen MR) is 116 cm³/mol. The Morgan fingerprint density at radius 1 is 0.935 bits per heavy atom. The molecule has 31 heavy (non-hydrogen) atoms. The molecule has 3 heterocycles. The molecular formula is C24H21N7. The summed E-state index contributed by atoms with van der Waals surface area (Å²) >= 11 is 0. The summed E-state index contributed by atoms with van der Waals surface area (Å²) in [5, 5.41) is 26.8. The fourth-order valence-corrected chi connectivity index (χ4v) is 4.49. The van der Waals surface area contributed by atoms with Gasteiger partial charge in [-0.25, -0.2) is 4.52 Å². The van der Waals surface area contributed by atoms with Gasteiger partial charge in [0.25, 0.3) is 0 Å². The van der Waals surface area contributed by atoms with Crippen LogP contribution in [0.5, 0.6) is 0 Å². The summed E-state index contributed by atoms with van der Waals surface area (Å²) in [7, 11) is 0. The molecule has 4 aromatic rings. The Morgan fingerprint density at radius 3 is 2.45 bits per heavy atom. The van der Waals surface area contributed by atoms with Crippen molar-refractivity contribution in [2.75, 3.05) is 0 Å². The van der Waals surface area contributed by atoms with Gasteiger partial charge in [0.15, 0.2) is 0 Å². The van der Waals surface area contributed by atoms with Gasteiger partial charge in [0.05, 0.1) is 35.7 Å². The highest BCUT2D eigenvalue weighted by molar-refractivity contribution is 5.83. The highest BCUT2D eigenvalue weighted by atomic mass is 15.3. The van der Waals surface area contributed by atoms with Crippen LogP contribution >= 0.6 is 0 Å². The molecule has 152 valence electrons. The first kappa shape index (κ1) is 19.0. The van der Waals surface area contributed by atoms with Crippen LogP contribution in [0.4, 0.5) is 0 Å². The molecule has 0 saturated heterocycles. The third-order valence-corrected chi connectivity index (χ3v) is 6.15. The van der Waals surface area contributed by atoms with Crippen molar-refractivity contribution in [1.29, 1.82) is 10.5 Å². The summed E-state index contributed by atoms with van der Waals surface area (Å²) in [6, 6.07) is 12.8. The van der Waals surface area contributed by atoms with E-state index in [1.807, 2.05) is 29.3 Å². The van der Waals surface area contributed by atoms with E-state index in [1.54, 1.807) is 10.9 Å². The highest BCUT2D eigenvalue weighted by Gasteiger charge is 2.26. The van der Waals surface area contributed by atoms with E-state index in [-0.39, 0.29) is 12.5 Å². The molecule has 3 aromatic heterocycles. The van der Waals surface area contributed by atoms with Gasteiger partial charge < -0.3 is 0 Å². The standard InChI is InChI=1S/C24H21N7/c25-9-11-30-16-21(14-28-30)18-5-7-19(8-6-18)22-15-29-31-12-10-27-23(24(22)31)20-3-1-17(13-26)2-4-20/h5-8,10,12,14-17,20H,1-4,11H2/t17-,20+. The Balaban J connectivity index is 1.48. The Hall–Kier alpha value is -3.97. The lowest BCUT2D eigenvalue weighted by atomic mass is 9.80. The Kier molecular flexibility index (Phi) is 4.93. The van der Waals surface area contributed by atoms with Crippen molar-refractivity contribution in [3.8, 4) is 34.4 Å². The van der Waals surface area contributed by atoms with E-state index in [1.165, 1.54) is 0 Å². The van der Waals surface area contributed by atoms with Crippen LogP contribution in [0.3, 0.4) is 0 Å². The van der Waals surface area contributed by atoms with Gasteiger partial charge >= 0.3 is 0 Å². The zero-order valence-electron chi connectivity index (χ0n) is 17.0. The van der Waals surface area contributed by atoms with E-state index in [4.69, 9.17) is 10.2 Å². The summed E-state index contributed by atoms with van der Waals surface area (Å²) in [4.78, 5) is 4.74. The minimum absolute atomic E-state index is 0.172. The molecule has 1 fully saturated rings. The van der Waals surface area contributed by atoms with Crippen LogP contribution in [-0.2, 0) is 6.54 Å². The van der Waals surface area contributed by atoms with Crippen molar-refractivity contribution < 1.29 is 0 Å². The number of nitrogens with zero attached hydrogens (tertiary/aromatic N) is 7. The van der Waals surface area contributed by atoms with E-state index < -0.39 is 0 Å². The summed E-state index contributed by atoms with van der Waals surface area (Å²) in [6.45, 7) is 0.243. The minimum Gasteiger partial charge on any atom is -0.258 e. The van der Waals surface area contributed by atoms with Crippen LogP contribution in [0.1, 0.15) is 37.3 Å². The maximum Gasteiger partial charge on any atom is 0.128 e. The average molecular weight is 407 g/mol. The van der Waals surface area contributed by atoms with E-state index in [9.17, 15) is 5.26 Å². The van der Waals surface area contributed by atoms with Crippen LogP contribution in [0, 0.1) is 28.6 Å². The second-order valence-corrected chi connectivity index (χ2v) is 8.00. The first-order chi connectivity index (χ1) is 15.3. The van der Waals surface area contributed by atoms with Crippen LogP contribution in [0.15, 0.2) is 55.2 Å². The minimum atomic E-state index is 0.172. The monoisotopic (exact) mass is 407 g/mol. The van der Waals surface area contributed by atoms with Gasteiger partial charge in [0.1, 0.15) is 6.54 Å². The third kappa shape index (κ3) is 3.55. The van der Waals surface area contributed by atoms with Crippen molar-refractivity contribution >= 4 is 5.52 Å². The average Bonchev–Trinajstić information content (AvgIpc) is 3.47. The molecular weight excluding hydrogens is 386 g/mol. The maximum absolute atomic E-state index is 9.21. The van der Waals surface area contributed by atoms with Crippen LogP contribution in [0.2, 0.25) is 0 Å². The van der Waals surface area contributed by atoms with Crippen LogP contribution in [-0.4, -0.2) is 24.4 Å². The van der Waals surface area contributed by atoms with Crippen molar-refractivity contribution in [2.45, 2.75) is 38.1 Å². The molecule has 0 unspecified atom stereocenters. The molecule has 0 amide bonds. The SMILES string of the molecule is N#CCn1cc(-c2ccc(-c3cnn4ccnc([C@H]5CC[C@@H](C#N)CC5)c34)cc2)cn1. The molecule has 0 atom stereocenters. The third-order valence-electron chi connectivity index (χ3n) is 6.15. The lowest BCUT2D eigenvalue weighted by Gasteiger charge is -2.24. The molecule has 1 saturated carbocycles. The van der Waals surface area contributed by atoms with Crippen molar-refractivity contribution in [1.82, 2.24) is 24.4 Å². The van der Waals surface area contributed by atoms with Crippen molar-refractivity contribution in [3.05, 3.63) is 60.9 Å². The zero-order chi connectivity index (χ0) is 21.2. The molecule has 0 spiro atoms. The lowest BCUT2D eigenvalue weighted by molar-refractivity contribution is 0.378. The Morgan fingerprint density at radius 2 is 1.71 bits per heavy atom. The quantitative estimate of drug-likeness (QED) is 0.493. The van der Waals surface area contributed by atoms with E-state index in [0.717, 1.165) is 59.1 Å². The molecule has 1 aliphatic carbocycles. The normalized spacial score (nSPS) is 18.5. The number of aromatic nitrogens is 5. The first-order valence-corrected chi connectivity index (χ1v) is 10.5. The topological polar surface area (TPSA) is 95.6 Å². The summed E-state index contributed by atoms with van der Waals surface area (Å²) < 4.78 is 3.54. The molecule has 5 rings (SSSR count). The largest absolute Gasteiger partial charge is 0.258 e. The molecule has 7 nitrogen and oxygen atoms in total.